The zero-order valence-electron chi connectivity index (χ0n) is 8.63. The van der Waals surface area contributed by atoms with Crippen molar-refractivity contribution in [1.82, 2.24) is 9.97 Å². The maximum absolute atomic E-state index is 10.6. The van der Waals surface area contributed by atoms with E-state index < -0.39 is 0 Å². The van der Waals surface area contributed by atoms with E-state index in [1.165, 1.54) is 12.4 Å². The fraction of sp³-hybridized carbons (Fsp3) is 0. The molecule has 1 radical (unpaired) electrons. The Labute approximate surface area is 114 Å². The summed E-state index contributed by atoms with van der Waals surface area (Å²) in [7, 11) is 0. The molecule has 0 amide bonds. The Balaban J connectivity index is 0.00000144. The van der Waals surface area contributed by atoms with Crippen molar-refractivity contribution in [3.8, 4) is 11.4 Å². The first-order valence-electron chi connectivity index (χ1n) is 4.66. The molecule has 0 saturated carbocycles. The molecule has 0 N–H and O–H groups in total. The van der Waals surface area contributed by atoms with Gasteiger partial charge in [0.05, 0.1) is 11.4 Å². The van der Waals surface area contributed by atoms with Gasteiger partial charge in [-0.15, -0.1) is 0 Å². The zero-order chi connectivity index (χ0) is 11.4. The molecular weight excluding hydrogens is 401 g/mol. The molecule has 0 saturated heterocycles. The first kappa shape index (κ1) is 13.4. The smallest absolute Gasteiger partial charge is 0.298 e. The second kappa shape index (κ2) is 6.20. The van der Waals surface area contributed by atoms with Gasteiger partial charge in [-0.3, -0.25) is 19.6 Å². The molecule has 0 bridgehead atoms. The summed E-state index contributed by atoms with van der Waals surface area (Å²) in [5.41, 5.74) is 2.22. The van der Waals surface area contributed by atoms with E-state index in [1.807, 2.05) is 0 Å². The molecule has 2 aromatic heterocycles. The van der Waals surface area contributed by atoms with Crippen molar-refractivity contribution in [1.29, 1.82) is 0 Å². The Morgan fingerprint density at radius 3 is 1.59 bits per heavy atom. The van der Waals surface area contributed by atoms with Gasteiger partial charge in [-0.2, -0.15) is 0 Å². The maximum atomic E-state index is 10.6. The molecule has 0 aromatic carbocycles. The molecule has 0 aliphatic carbocycles. The van der Waals surface area contributed by atoms with Crippen LogP contribution in [0.25, 0.3) is 11.4 Å². The number of hydrogen-bond donors (Lipinski definition) is 0. The zero-order valence-corrected chi connectivity index (χ0v) is 10.8. The van der Waals surface area contributed by atoms with Crippen LogP contribution < -0.4 is 0 Å². The Kier molecular flexibility index (Phi) is 4.90. The van der Waals surface area contributed by atoms with Gasteiger partial charge in [0.1, 0.15) is 12.6 Å². The predicted molar refractivity (Wildman–Crippen MR) is 58.2 cm³/mol. The van der Waals surface area contributed by atoms with Gasteiger partial charge in [-0.1, -0.05) is 0 Å². The normalized spacial score (nSPS) is 9.18. The van der Waals surface area contributed by atoms with Crippen LogP contribution in [0, 0.1) is 0 Å². The second-order valence-corrected chi connectivity index (χ2v) is 3.18. The molecule has 0 aliphatic heterocycles. The predicted octanol–water partition coefficient (Wildman–Crippen LogP) is 1.77. The average molecular weight is 409 g/mol. The maximum Gasteiger partial charge on any atom is 2.00 e. The summed E-state index contributed by atoms with van der Waals surface area (Å²) in [6.07, 6.45) is 4.56. The Hall–Kier alpha value is -1.62. The Bertz CT molecular complexity index is 494. The van der Waals surface area contributed by atoms with E-state index in [4.69, 9.17) is 0 Å². The van der Waals surface area contributed by atoms with Gasteiger partial charge < -0.3 is 0 Å². The van der Waals surface area contributed by atoms with Gasteiger partial charge in [-0.25, -0.2) is 0 Å². The van der Waals surface area contributed by atoms with Gasteiger partial charge in [0.25, 0.3) is 0 Å². The largest absolute Gasteiger partial charge is 2.00 e. The molecule has 0 spiro atoms. The van der Waals surface area contributed by atoms with Crippen LogP contribution in [0.3, 0.4) is 0 Å². The molecule has 87 valence electrons. The summed E-state index contributed by atoms with van der Waals surface area (Å²) in [5, 5.41) is 0. The van der Waals surface area contributed by atoms with Crippen molar-refractivity contribution in [2.45, 2.75) is 0 Å². The van der Waals surface area contributed by atoms with E-state index in [0.717, 1.165) is 12.6 Å². The fourth-order valence-electron chi connectivity index (χ4n) is 1.32. The second-order valence-electron chi connectivity index (χ2n) is 3.18. The topological polar surface area (TPSA) is 59.9 Å². The van der Waals surface area contributed by atoms with E-state index in [9.17, 15) is 9.59 Å². The van der Waals surface area contributed by atoms with E-state index in [2.05, 4.69) is 9.97 Å². The summed E-state index contributed by atoms with van der Waals surface area (Å²) in [6, 6.07) is 6.48. The van der Waals surface area contributed by atoms with Crippen LogP contribution in [0.15, 0.2) is 36.7 Å². The van der Waals surface area contributed by atoms with Gasteiger partial charge in [0.15, 0.2) is 0 Å². The Morgan fingerprint density at radius 1 is 0.824 bits per heavy atom. The van der Waals surface area contributed by atoms with Crippen LogP contribution in [0.5, 0.6) is 0 Å². The van der Waals surface area contributed by atoms with Crippen molar-refractivity contribution >= 4 is 12.6 Å². The third-order valence-electron chi connectivity index (χ3n) is 2.10. The van der Waals surface area contributed by atoms with Crippen molar-refractivity contribution in [3.63, 3.8) is 0 Å². The summed E-state index contributed by atoms with van der Waals surface area (Å²) in [5.74, 6) is 0. The van der Waals surface area contributed by atoms with Gasteiger partial charge in [-0.05, 0) is 24.3 Å². The van der Waals surface area contributed by atoms with Gasteiger partial charge in [0, 0.05) is 23.5 Å². The minimum absolute atomic E-state index is 0. The molecule has 17 heavy (non-hydrogen) atoms. The average Bonchev–Trinajstić information content (AvgIpc) is 2.39. The first-order chi connectivity index (χ1) is 7.83. The molecule has 0 unspecified atom stereocenters. The molecule has 0 aliphatic rings. The number of nitrogens with zero attached hydrogens (tertiary/aromatic N) is 2. The number of pyridine rings is 2. The molecule has 4 nitrogen and oxygen atoms in total. The van der Waals surface area contributed by atoms with Gasteiger partial charge in [0.2, 0.25) is 0 Å². The van der Waals surface area contributed by atoms with Crippen LogP contribution in [-0.2, 0) is 22.4 Å². The minimum atomic E-state index is 0. The van der Waals surface area contributed by atoms with E-state index in [0.29, 0.717) is 22.5 Å². The molecule has 2 heterocycles. The molecular formula is C12H8AuN2O2+2. The summed E-state index contributed by atoms with van der Waals surface area (Å²) < 4.78 is 0. The van der Waals surface area contributed by atoms with E-state index in [1.54, 1.807) is 24.3 Å². The van der Waals surface area contributed by atoms with Crippen LogP contribution in [0.4, 0.5) is 0 Å². The number of aromatic nitrogens is 2. The van der Waals surface area contributed by atoms with Crippen molar-refractivity contribution in [2.24, 2.45) is 0 Å². The van der Waals surface area contributed by atoms with E-state index in [-0.39, 0.29) is 22.4 Å². The quantitative estimate of drug-likeness (QED) is 0.573. The van der Waals surface area contributed by atoms with E-state index >= 15 is 0 Å². The van der Waals surface area contributed by atoms with Gasteiger partial charge >= 0.3 is 22.4 Å². The van der Waals surface area contributed by atoms with Crippen LogP contribution in [-0.4, -0.2) is 22.5 Å². The molecule has 2 aromatic rings. The summed E-state index contributed by atoms with van der Waals surface area (Å²) >= 11 is 0. The number of aldehydes is 2. The molecule has 5 heteroatoms. The number of hydrogen-bond acceptors (Lipinski definition) is 4. The molecule has 0 atom stereocenters. The van der Waals surface area contributed by atoms with Crippen LogP contribution in [0.2, 0.25) is 0 Å². The number of carbonyl (C=O) groups is 2. The summed E-state index contributed by atoms with van der Waals surface area (Å²) in [4.78, 5) is 29.4. The van der Waals surface area contributed by atoms with Crippen molar-refractivity contribution < 1.29 is 32.0 Å². The van der Waals surface area contributed by atoms with Crippen LogP contribution >= 0.6 is 0 Å². The third-order valence-corrected chi connectivity index (χ3v) is 2.10. The minimum Gasteiger partial charge on any atom is -0.298 e. The standard InChI is InChI=1S/C12H8N2O2.Au/c15-7-9-1-3-13-11(5-9)12-6-10(8-16)2-4-14-12;/h1-8H;/q;+2. The molecule has 2 rings (SSSR count). The third kappa shape index (κ3) is 3.17. The number of carbonyl (C=O) groups excluding carboxylic acids is 2. The van der Waals surface area contributed by atoms with Crippen molar-refractivity contribution in [3.05, 3.63) is 47.8 Å². The fourth-order valence-corrected chi connectivity index (χ4v) is 1.32. The Morgan fingerprint density at radius 2 is 1.24 bits per heavy atom. The molecule has 0 fully saturated rings. The van der Waals surface area contributed by atoms with Crippen molar-refractivity contribution in [2.75, 3.05) is 0 Å². The number of rotatable bonds is 3. The summed E-state index contributed by atoms with van der Waals surface area (Å²) in [6.45, 7) is 0. The first-order valence-corrected chi connectivity index (χ1v) is 4.66. The SMILES string of the molecule is O=Cc1ccnc(-c2cc(C=O)ccn2)c1.[Au+2]. The van der Waals surface area contributed by atoms with Crippen LogP contribution in [0.1, 0.15) is 20.7 Å². The monoisotopic (exact) mass is 409 g/mol.